The Hall–Kier alpha value is -3.56. The minimum absolute atomic E-state index is 0.0454. The van der Waals surface area contributed by atoms with Gasteiger partial charge in [0.05, 0.1) is 19.7 Å². The van der Waals surface area contributed by atoms with Gasteiger partial charge in [-0.3, -0.25) is 24.0 Å². The van der Waals surface area contributed by atoms with Crippen LogP contribution in [-0.4, -0.2) is 35.3 Å². The van der Waals surface area contributed by atoms with Gasteiger partial charge in [-0.15, -0.1) is 0 Å². The van der Waals surface area contributed by atoms with E-state index in [1.807, 2.05) is 30.3 Å². The molecule has 1 heterocycles. The van der Waals surface area contributed by atoms with Gasteiger partial charge in [-0.1, -0.05) is 41.9 Å². The van der Waals surface area contributed by atoms with Crippen molar-refractivity contribution in [2.45, 2.75) is 26.1 Å². The highest BCUT2D eigenvalue weighted by molar-refractivity contribution is 6.30. The lowest BCUT2D eigenvalue weighted by Gasteiger charge is -2.27. The van der Waals surface area contributed by atoms with Gasteiger partial charge in [-0.25, -0.2) is 4.79 Å². The van der Waals surface area contributed by atoms with E-state index in [4.69, 9.17) is 26.8 Å². The lowest BCUT2D eigenvalue weighted by atomic mass is 10.2. The van der Waals surface area contributed by atoms with Crippen molar-refractivity contribution >= 4 is 29.0 Å². The molecule has 0 aliphatic carbocycles. The first-order valence-electron chi connectivity index (χ1n) is 10.2. The normalized spacial score (nSPS) is 11.7. The number of aromatic nitrogens is 2. The molecule has 3 aromatic rings. The first-order chi connectivity index (χ1) is 15.8. The number of amides is 1. The summed E-state index contributed by atoms with van der Waals surface area (Å²) < 4.78 is 12.0. The Morgan fingerprint density at radius 1 is 1.15 bits per heavy atom. The van der Waals surface area contributed by atoms with Gasteiger partial charge >= 0.3 is 5.69 Å². The van der Waals surface area contributed by atoms with E-state index in [-0.39, 0.29) is 31.2 Å². The number of nitrogen functional groups attached to an aromatic ring is 1. The molecule has 0 fully saturated rings. The van der Waals surface area contributed by atoms with E-state index in [0.29, 0.717) is 10.8 Å². The van der Waals surface area contributed by atoms with Crippen molar-refractivity contribution in [3.63, 3.8) is 0 Å². The van der Waals surface area contributed by atoms with Crippen LogP contribution in [0.3, 0.4) is 0 Å². The van der Waals surface area contributed by atoms with Crippen molar-refractivity contribution in [2.75, 3.05) is 24.4 Å². The van der Waals surface area contributed by atoms with Crippen LogP contribution in [0.15, 0.2) is 64.2 Å². The Morgan fingerprint density at radius 3 is 2.45 bits per heavy atom. The number of methoxy groups -OCH3 is 1. The number of nitrogens with two attached hydrogens (primary N) is 1. The van der Waals surface area contributed by atoms with Gasteiger partial charge in [0.2, 0.25) is 0 Å². The summed E-state index contributed by atoms with van der Waals surface area (Å²) in [5.41, 5.74) is 5.40. The second-order valence-electron chi connectivity index (χ2n) is 7.26. The fourth-order valence-corrected chi connectivity index (χ4v) is 3.39. The Morgan fingerprint density at radius 2 is 1.82 bits per heavy atom. The van der Waals surface area contributed by atoms with E-state index in [2.05, 4.69) is 4.98 Å². The number of hydrogen-bond donors (Lipinski definition) is 2. The average molecular weight is 473 g/mol. The molecule has 174 valence electrons. The van der Waals surface area contributed by atoms with Crippen LogP contribution in [0.2, 0.25) is 5.02 Å². The topological polar surface area (TPSA) is 120 Å². The van der Waals surface area contributed by atoms with Crippen LogP contribution < -0.4 is 26.6 Å². The number of aromatic amines is 1. The summed E-state index contributed by atoms with van der Waals surface area (Å²) in [6, 6.07) is 15.7. The fraction of sp³-hybridized carbons (Fsp3) is 0.261. The molecule has 0 bridgehead atoms. The number of nitrogens with one attached hydrogen (secondary N) is 1. The molecule has 3 rings (SSSR count). The molecule has 1 atom stereocenters. The van der Waals surface area contributed by atoms with Crippen LogP contribution in [0.4, 0.5) is 11.5 Å². The maximum atomic E-state index is 13.5. The van der Waals surface area contributed by atoms with Gasteiger partial charge in [-0.2, -0.15) is 0 Å². The molecule has 1 aromatic heterocycles. The standard InChI is InChI=1S/C23H25ClN4O5/c1-15(33-18-10-8-17(24)9-11-18)22(30)28(14-16-6-4-3-5-7-16)19-20(25)27(12-13-32-2)23(31)26-21(19)29/h3-11,15H,12-14,25H2,1-2H3,(H,26,29,31). The molecule has 0 saturated heterocycles. The maximum absolute atomic E-state index is 13.5. The summed E-state index contributed by atoms with van der Waals surface area (Å²) in [4.78, 5) is 42.1. The van der Waals surface area contributed by atoms with Crippen LogP contribution >= 0.6 is 11.6 Å². The molecular formula is C23H25ClN4O5. The quantitative estimate of drug-likeness (QED) is 0.493. The molecule has 33 heavy (non-hydrogen) atoms. The molecule has 0 radical (unpaired) electrons. The Kier molecular flexibility index (Phi) is 7.92. The number of rotatable bonds is 9. The first-order valence-corrected chi connectivity index (χ1v) is 10.6. The highest BCUT2D eigenvalue weighted by atomic mass is 35.5. The van der Waals surface area contributed by atoms with Gasteiger partial charge in [0.1, 0.15) is 11.6 Å². The molecule has 1 unspecified atom stereocenters. The SMILES string of the molecule is COCCn1c(N)c(N(Cc2ccccc2)C(=O)C(C)Oc2ccc(Cl)cc2)c(=O)[nH]c1=O. The van der Waals surface area contributed by atoms with Crippen molar-refractivity contribution < 1.29 is 14.3 Å². The number of carbonyl (C=O) groups is 1. The molecule has 10 heteroatoms. The highest BCUT2D eigenvalue weighted by Crippen LogP contribution is 2.23. The summed E-state index contributed by atoms with van der Waals surface area (Å²) in [5, 5.41) is 0.532. The third-order valence-electron chi connectivity index (χ3n) is 4.93. The number of anilines is 2. The van der Waals surface area contributed by atoms with Crippen LogP contribution in [0.1, 0.15) is 12.5 Å². The van der Waals surface area contributed by atoms with Gasteiger partial charge in [0.25, 0.3) is 11.5 Å². The van der Waals surface area contributed by atoms with E-state index < -0.39 is 23.3 Å². The molecule has 0 aliphatic rings. The predicted molar refractivity (Wildman–Crippen MR) is 127 cm³/mol. The largest absolute Gasteiger partial charge is 0.481 e. The number of H-pyrrole nitrogens is 1. The number of benzene rings is 2. The zero-order valence-electron chi connectivity index (χ0n) is 18.3. The Balaban J connectivity index is 2.03. The van der Waals surface area contributed by atoms with Crippen molar-refractivity contribution in [3.05, 3.63) is 86.0 Å². The highest BCUT2D eigenvalue weighted by Gasteiger charge is 2.29. The lowest BCUT2D eigenvalue weighted by Crippen LogP contribution is -2.45. The molecule has 1 amide bonds. The molecule has 0 spiro atoms. The number of halogens is 1. The Labute approximate surface area is 195 Å². The second kappa shape index (κ2) is 10.8. The minimum Gasteiger partial charge on any atom is -0.481 e. The number of nitrogens with zero attached hydrogens (tertiary/aromatic N) is 2. The molecular weight excluding hydrogens is 448 g/mol. The van der Waals surface area contributed by atoms with Crippen molar-refractivity contribution in [1.29, 1.82) is 0 Å². The summed E-state index contributed by atoms with van der Waals surface area (Å²) in [7, 11) is 1.48. The van der Waals surface area contributed by atoms with Crippen LogP contribution in [-0.2, 0) is 22.6 Å². The summed E-state index contributed by atoms with van der Waals surface area (Å²) in [6.45, 7) is 1.91. The fourth-order valence-electron chi connectivity index (χ4n) is 3.26. The molecule has 2 aromatic carbocycles. The zero-order chi connectivity index (χ0) is 24.0. The van der Waals surface area contributed by atoms with E-state index >= 15 is 0 Å². The summed E-state index contributed by atoms with van der Waals surface area (Å²) in [5.74, 6) is -0.210. The monoisotopic (exact) mass is 472 g/mol. The number of carbonyl (C=O) groups excluding carboxylic acids is 1. The summed E-state index contributed by atoms with van der Waals surface area (Å²) >= 11 is 5.91. The van der Waals surface area contributed by atoms with Crippen LogP contribution in [0, 0.1) is 0 Å². The Bertz CT molecular complexity index is 1210. The van der Waals surface area contributed by atoms with E-state index in [1.54, 1.807) is 31.2 Å². The van der Waals surface area contributed by atoms with Gasteiger partial charge in [0, 0.05) is 12.1 Å². The van der Waals surface area contributed by atoms with Crippen molar-refractivity contribution in [2.24, 2.45) is 0 Å². The van der Waals surface area contributed by atoms with Crippen LogP contribution in [0.5, 0.6) is 5.75 Å². The van der Waals surface area contributed by atoms with Crippen LogP contribution in [0.25, 0.3) is 0 Å². The zero-order valence-corrected chi connectivity index (χ0v) is 19.0. The van der Waals surface area contributed by atoms with Gasteiger partial charge < -0.3 is 15.2 Å². The molecule has 3 N–H and O–H groups in total. The number of ether oxygens (including phenoxy) is 2. The summed E-state index contributed by atoms with van der Waals surface area (Å²) in [6.07, 6.45) is -0.965. The van der Waals surface area contributed by atoms with Gasteiger partial charge in [-0.05, 0) is 36.8 Å². The molecule has 0 saturated carbocycles. The average Bonchev–Trinajstić information content (AvgIpc) is 2.79. The molecule has 9 nitrogen and oxygen atoms in total. The van der Waals surface area contributed by atoms with Gasteiger partial charge in [0.15, 0.2) is 11.8 Å². The second-order valence-corrected chi connectivity index (χ2v) is 7.70. The van der Waals surface area contributed by atoms with E-state index in [1.165, 1.54) is 12.0 Å². The van der Waals surface area contributed by atoms with E-state index in [0.717, 1.165) is 10.1 Å². The van der Waals surface area contributed by atoms with Crippen molar-refractivity contribution in [3.8, 4) is 5.75 Å². The van der Waals surface area contributed by atoms with Crippen molar-refractivity contribution in [1.82, 2.24) is 9.55 Å². The maximum Gasteiger partial charge on any atom is 0.330 e. The smallest absolute Gasteiger partial charge is 0.330 e. The number of hydrogen-bond acceptors (Lipinski definition) is 6. The third-order valence-corrected chi connectivity index (χ3v) is 5.18. The third kappa shape index (κ3) is 5.82. The minimum atomic E-state index is -0.965. The molecule has 0 aliphatic heterocycles. The lowest BCUT2D eigenvalue weighted by molar-refractivity contribution is -0.124. The van der Waals surface area contributed by atoms with E-state index in [9.17, 15) is 14.4 Å². The first kappa shape index (κ1) is 24.1. The predicted octanol–water partition coefficient (Wildman–Crippen LogP) is 2.42.